The van der Waals surface area contributed by atoms with Crippen molar-refractivity contribution in [1.29, 1.82) is 0 Å². The van der Waals surface area contributed by atoms with Crippen molar-refractivity contribution in [1.82, 2.24) is 0 Å². The fraction of sp³-hybridized carbons (Fsp3) is 0.0714. The van der Waals surface area contributed by atoms with E-state index in [0.717, 1.165) is 10.0 Å². The molecule has 20 heavy (non-hydrogen) atoms. The molecule has 0 aromatic heterocycles. The molecule has 0 heterocycles. The molecule has 2 nitrogen and oxygen atoms in total. The fourth-order valence-corrected chi connectivity index (χ4v) is 2.40. The van der Waals surface area contributed by atoms with Crippen molar-refractivity contribution in [2.75, 3.05) is 0 Å². The number of rotatable bonds is 4. The molecule has 0 atom stereocenters. The quantitative estimate of drug-likeness (QED) is 0.621. The number of hydrogen-bond donors (Lipinski definition) is 0. The highest BCUT2D eigenvalue weighted by Gasteiger charge is 2.11. The van der Waals surface area contributed by atoms with Gasteiger partial charge in [0.15, 0.2) is 0 Å². The summed E-state index contributed by atoms with van der Waals surface area (Å²) in [7, 11) is 0. The molecule has 2 aromatic rings. The van der Waals surface area contributed by atoms with Crippen LogP contribution in [0.4, 0.5) is 0 Å². The Balaban J connectivity index is 2.18. The highest BCUT2D eigenvalue weighted by atomic mass is 79.9. The summed E-state index contributed by atoms with van der Waals surface area (Å²) < 4.78 is 6.36. The molecule has 0 aliphatic heterocycles. The van der Waals surface area contributed by atoms with Crippen LogP contribution in [0, 0.1) is 0 Å². The summed E-state index contributed by atoms with van der Waals surface area (Å²) in [6, 6.07) is 10.3. The second kappa shape index (κ2) is 6.81. The van der Waals surface area contributed by atoms with Crippen molar-refractivity contribution in [3.05, 3.63) is 62.0 Å². The topological polar surface area (TPSA) is 26.3 Å². The van der Waals surface area contributed by atoms with Crippen molar-refractivity contribution in [2.45, 2.75) is 6.61 Å². The molecule has 0 unspecified atom stereocenters. The van der Waals surface area contributed by atoms with Crippen LogP contribution in [0.2, 0.25) is 10.0 Å². The Morgan fingerprint density at radius 3 is 2.50 bits per heavy atom. The molecule has 0 spiro atoms. The molecule has 0 N–H and O–H groups in total. The predicted molar refractivity (Wildman–Crippen MR) is 85.1 cm³/mol. The lowest BCUT2D eigenvalue weighted by molar-refractivity contribution is 0.107. The molecule has 0 radical (unpaired) electrons. The third-order valence-electron chi connectivity index (χ3n) is 2.53. The monoisotopic (exact) mass is 392 g/mol. The molecule has 104 valence electrons. The van der Waals surface area contributed by atoms with Crippen LogP contribution in [0.5, 0.6) is 5.75 Å². The lowest BCUT2D eigenvalue weighted by Gasteiger charge is -2.10. The van der Waals surface area contributed by atoms with E-state index in [0.29, 0.717) is 21.4 Å². The predicted octanol–water partition coefficient (Wildman–Crippen LogP) is 5.71. The number of hydrogen-bond acceptors (Lipinski definition) is 2. The molecule has 2 rings (SSSR count). The number of halogens is 4. The molecular formula is C14H8BrCl3O2. The Bertz CT molecular complexity index is 659. The van der Waals surface area contributed by atoms with E-state index in [9.17, 15) is 4.79 Å². The van der Waals surface area contributed by atoms with E-state index in [2.05, 4.69) is 15.9 Å². The molecule has 0 aliphatic carbocycles. The third-order valence-corrected chi connectivity index (χ3v) is 3.97. The van der Waals surface area contributed by atoms with Gasteiger partial charge >= 0.3 is 0 Å². The lowest BCUT2D eigenvalue weighted by atomic mass is 10.2. The summed E-state index contributed by atoms with van der Waals surface area (Å²) in [5.41, 5.74) is 1.15. The first kappa shape index (κ1) is 15.6. The second-order valence-corrected chi connectivity index (χ2v) is 6.02. The average Bonchev–Trinajstić information content (AvgIpc) is 2.41. The number of ether oxygens (including phenoxy) is 1. The third kappa shape index (κ3) is 3.89. The molecule has 0 fully saturated rings. The first-order valence-electron chi connectivity index (χ1n) is 5.53. The standard InChI is InChI=1S/C14H8BrCl3O2/c15-9-2-4-13(10(6-9)14(18)19)20-7-8-1-3-11(16)12(17)5-8/h1-6H,7H2. The molecule has 0 amide bonds. The Labute approximate surface area is 139 Å². The van der Waals surface area contributed by atoms with E-state index < -0.39 is 5.24 Å². The molecule has 0 saturated heterocycles. The highest BCUT2D eigenvalue weighted by molar-refractivity contribution is 9.10. The van der Waals surface area contributed by atoms with E-state index in [1.54, 1.807) is 36.4 Å². The molecule has 0 bridgehead atoms. The van der Waals surface area contributed by atoms with Crippen LogP contribution in [0.1, 0.15) is 15.9 Å². The van der Waals surface area contributed by atoms with Gasteiger partial charge in [0.25, 0.3) is 5.24 Å². The van der Waals surface area contributed by atoms with Gasteiger partial charge in [0.1, 0.15) is 12.4 Å². The Morgan fingerprint density at radius 1 is 1.10 bits per heavy atom. The van der Waals surface area contributed by atoms with Gasteiger partial charge in [0, 0.05) is 4.47 Å². The molecule has 0 aliphatic rings. The molecule has 6 heteroatoms. The van der Waals surface area contributed by atoms with Crippen LogP contribution in [0.3, 0.4) is 0 Å². The summed E-state index contributed by atoms with van der Waals surface area (Å²) in [6.45, 7) is 0.260. The summed E-state index contributed by atoms with van der Waals surface area (Å²) in [4.78, 5) is 11.4. The van der Waals surface area contributed by atoms with Gasteiger partial charge in [0.05, 0.1) is 15.6 Å². The summed E-state index contributed by atoms with van der Waals surface area (Å²) in [5, 5.41) is 0.364. The summed E-state index contributed by atoms with van der Waals surface area (Å²) >= 11 is 20.6. The number of carbonyl (C=O) groups excluding carboxylic acids is 1. The first-order chi connectivity index (χ1) is 9.47. The van der Waals surface area contributed by atoms with Crippen molar-refractivity contribution in [3.8, 4) is 5.75 Å². The van der Waals surface area contributed by atoms with Gasteiger partial charge < -0.3 is 4.74 Å². The van der Waals surface area contributed by atoms with E-state index in [1.165, 1.54) is 0 Å². The minimum Gasteiger partial charge on any atom is -0.488 e. The smallest absolute Gasteiger partial charge is 0.256 e. The minimum atomic E-state index is -0.574. The van der Waals surface area contributed by atoms with Crippen molar-refractivity contribution in [2.24, 2.45) is 0 Å². The van der Waals surface area contributed by atoms with Crippen molar-refractivity contribution < 1.29 is 9.53 Å². The van der Waals surface area contributed by atoms with Crippen LogP contribution in [-0.4, -0.2) is 5.24 Å². The Morgan fingerprint density at radius 2 is 1.85 bits per heavy atom. The maximum Gasteiger partial charge on any atom is 0.256 e. The van der Waals surface area contributed by atoms with Crippen LogP contribution in [0.15, 0.2) is 40.9 Å². The van der Waals surface area contributed by atoms with E-state index in [-0.39, 0.29) is 6.61 Å². The maximum absolute atomic E-state index is 11.4. The van der Waals surface area contributed by atoms with Crippen LogP contribution < -0.4 is 4.74 Å². The molecular weight excluding hydrogens is 386 g/mol. The van der Waals surface area contributed by atoms with Crippen LogP contribution >= 0.6 is 50.7 Å². The zero-order chi connectivity index (χ0) is 14.7. The second-order valence-electron chi connectivity index (χ2n) is 3.95. The van der Waals surface area contributed by atoms with Crippen molar-refractivity contribution >= 4 is 56.0 Å². The average molecular weight is 394 g/mol. The van der Waals surface area contributed by atoms with Gasteiger partial charge in [-0.05, 0) is 47.5 Å². The Kier molecular flexibility index (Phi) is 5.33. The zero-order valence-electron chi connectivity index (χ0n) is 10.00. The normalized spacial score (nSPS) is 10.4. The van der Waals surface area contributed by atoms with Crippen LogP contribution in [0.25, 0.3) is 0 Å². The summed E-state index contributed by atoms with van der Waals surface area (Å²) in [6.07, 6.45) is 0. The van der Waals surface area contributed by atoms with E-state index in [4.69, 9.17) is 39.5 Å². The molecule has 0 saturated carbocycles. The zero-order valence-corrected chi connectivity index (χ0v) is 13.9. The summed E-state index contributed by atoms with van der Waals surface area (Å²) in [5.74, 6) is 0.416. The minimum absolute atomic E-state index is 0.260. The maximum atomic E-state index is 11.4. The van der Waals surface area contributed by atoms with Crippen molar-refractivity contribution in [3.63, 3.8) is 0 Å². The SMILES string of the molecule is O=C(Cl)c1cc(Br)ccc1OCc1ccc(Cl)c(Cl)c1. The van der Waals surface area contributed by atoms with Crippen LogP contribution in [-0.2, 0) is 6.61 Å². The largest absolute Gasteiger partial charge is 0.488 e. The van der Waals surface area contributed by atoms with Gasteiger partial charge in [-0.3, -0.25) is 4.79 Å². The highest BCUT2D eigenvalue weighted by Crippen LogP contribution is 2.27. The fourth-order valence-electron chi connectivity index (χ4n) is 1.57. The van der Waals surface area contributed by atoms with Gasteiger partial charge in [-0.2, -0.15) is 0 Å². The number of benzene rings is 2. The van der Waals surface area contributed by atoms with E-state index in [1.807, 2.05) is 0 Å². The molecule has 2 aromatic carbocycles. The van der Waals surface area contributed by atoms with Gasteiger partial charge in [0.2, 0.25) is 0 Å². The van der Waals surface area contributed by atoms with Gasteiger partial charge in [-0.25, -0.2) is 0 Å². The van der Waals surface area contributed by atoms with Gasteiger partial charge in [-0.15, -0.1) is 0 Å². The van der Waals surface area contributed by atoms with Gasteiger partial charge in [-0.1, -0.05) is 45.2 Å². The van der Waals surface area contributed by atoms with E-state index >= 15 is 0 Å². The Hall–Kier alpha value is -0.740. The first-order valence-corrected chi connectivity index (χ1v) is 7.46. The number of carbonyl (C=O) groups is 1. The lowest BCUT2D eigenvalue weighted by Crippen LogP contribution is -2.00.